The van der Waals surface area contributed by atoms with E-state index >= 15 is 0 Å². The van der Waals surface area contributed by atoms with Crippen LogP contribution in [0.5, 0.6) is 5.75 Å². The van der Waals surface area contributed by atoms with Gasteiger partial charge in [0.2, 0.25) is 0 Å². The number of nitrogens with zero attached hydrogens (tertiary/aromatic N) is 3. The Hall–Kier alpha value is -4.00. The number of anilines is 1. The van der Waals surface area contributed by atoms with Gasteiger partial charge in [0.15, 0.2) is 0 Å². The van der Waals surface area contributed by atoms with E-state index in [1.807, 2.05) is 0 Å². The van der Waals surface area contributed by atoms with Crippen LogP contribution in [0.25, 0.3) is 5.76 Å². The van der Waals surface area contributed by atoms with Crippen molar-refractivity contribution in [3.63, 3.8) is 0 Å². The monoisotopic (exact) mass is 387 g/mol. The Kier molecular flexibility index (Phi) is 4.78. The second-order valence-electron chi connectivity index (χ2n) is 6.38. The van der Waals surface area contributed by atoms with Crippen LogP contribution in [0.1, 0.15) is 17.2 Å². The van der Waals surface area contributed by atoms with Crippen LogP contribution in [0, 0.1) is 0 Å². The lowest BCUT2D eigenvalue weighted by Gasteiger charge is -2.25. The van der Waals surface area contributed by atoms with Crippen molar-refractivity contribution in [1.29, 1.82) is 0 Å². The fourth-order valence-electron chi connectivity index (χ4n) is 3.37. The summed E-state index contributed by atoms with van der Waals surface area (Å²) in [6.45, 7) is 0. The van der Waals surface area contributed by atoms with Gasteiger partial charge in [-0.1, -0.05) is 0 Å². The minimum atomic E-state index is -0.792. The molecule has 1 fully saturated rings. The number of rotatable bonds is 4. The van der Waals surface area contributed by atoms with Crippen molar-refractivity contribution < 1.29 is 19.4 Å². The van der Waals surface area contributed by atoms with E-state index in [9.17, 15) is 14.7 Å². The Morgan fingerprint density at radius 2 is 1.52 bits per heavy atom. The molecule has 1 aromatic carbocycles. The highest BCUT2D eigenvalue weighted by Gasteiger charge is 2.46. The molecule has 0 spiro atoms. The topological polar surface area (TPSA) is 92.6 Å². The zero-order chi connectivity index (χ0) is 20.4. The van der Waals surface area contributed by atoms with Gasteiger partial charge in [0.25, 0.3) is 11.7 Å². The number of Topliss-reactive ketones (excluding diaryl/α,β-unsaturated/α-hetero) is 1. The number of methoxy groups -OCH3 is 1. The number of hydrogen-bond acceptors (Lipinski definition) is 6. The molecule has 1 unspecified atom stereocenters. The maximum Gasteiger partial charge on any atom is 0.300 e. The first-order chi connectivity index (χ1) is 14.1. The van der Waals surface area contributed by atoms with Gasteiger partial charge in [-0.15, -0.1) is 0 Å². The van der Waals surface area contributed by atoms with Crippen LogP contribution in [0.15, 0.2) is 78.9 Å². The molecule has 1 saturated heterocycles. The fraction of sp³-hybridized carbons (Fsp3) is 0.0909. The third kappa shape index (κ3) is 3.23. The van der Waals surface area contributed by atoms with E-state index in [1.54, 1.807) is 68.0 Å². The number of aliphatic hydroxyl groups excluding tert-OH is 1. The van der Waals surface area contributed by atoms with Gasteiger partial charge in [-0.2, -0.15) is 0 Å². The summed E-state index contributed by atoms with van der Waals surface area (Å²) in [6, 6.07) is 12.6. The molecule has 4 rings (SSSR count). The molecule has 0 saturated carbocycles. The zero-order valence-electron chi connectivity index (χ0n) is 15.5. The highest BCUT2D eigenvalue weighted by atomic mass is 16.5. The summed E-state index contributed by atoms with van der Waals surface area (Å²) in [7, 11) is 1.55. The number of aromatic nitrogens is 2. The first-order valence-corrected chi connectivity index (χ1v) is 8.87. The molecule has 0 aliphatic carbocycles. The SMILES string of the molecule is COc1ccc(N2C(=O)C(=O)/C(=C(\O)c3ccncc3)C2c2ccncc2)cc1. The highest BCUT2D eigenvalue weighted by molar-refractivity contribution is 6.51. The molecule has 29 heavy (non-hydrogen) atoms. The molecular weight excluding hydrogens is 370 g/mol. The number of aliphatic hydroxyl groups is 1. The Morgan fingerprint density at radius 3 is 2.10 bits per heavy atom. The number of amides is 1. The Balaban J connectivity index is 1.91. The molecule has 0 bridgehead atoms. The summed E-state index contributed by atoms with van der Waals surface area (Å²) in [5.74, 6) is -1.09. The number of hydrogen-bond donors (Lipinski definition) is 1. The number of carbonyl (C=O) groups is 2. The second-order valence-corrected chi connectivity index (χ2v) is 6.38. The second kappa shape index (κ2) is 7.55. The van der Waals surface area contributed by atoms with Gasteiger partial charge in [0, 0.05) is 36.0 Å². The van der Waals surface area contributed by atoms with Crippen molar-refractivity contribution in [2.75, 3.05) is 12.0 Å². The maximum absolute atomic E-state index is 13.0. The summed E-state index contributed by atoms with van der Waals surface area (Å²) in [5, 5.41) is 10.9. The van der Waals surface area contributed by atoms with Gasteiger partial charge in [0.1, 0.15) is 11.5 Å². The van der Waals surface area contributed by atoms with E-state index in [0.29, 0.717) is 22.6 Å². The predicted octanol–water partition coefficient (Wildman–Crippen LogP) is 3.11. The van der Waals surface area contributed by atoms with Crippen LogP contribution < -0.4 is 9.64 Å². The van der Waals surface area contributed by atoms with Crippen LogP contribution in [0.4, 0.5) is 5.69 Å². The third-order valence-electron chi connectivity index (χ3n) is 4.77. The number of pyridine rings is 2. The molecule has 1 aliphatic heterocycles. The molecule has 2 aromatic heterocycles. The molecule has 0 radical (unpaired) electrons. The highest BCUT2D eigenvalue weighted by Crippen LogP contribution is 2.42. The minimum absolute atomic E-state index is 0.0169. The van der Waals surface area contributed by atoms with Crippen molar-refractivity contribution in [3.05, 3.63) is 90.0 Å². The summed E-state index contributed by atoms with van der Waals surface area (Å²) < 4.78 is 5.17. The molecule has 3 heterocycles. The predicted molar refractivity (Wildman–Crippen MR) is 106 cm³/mol. The first kappa shape index (κ1) is 18.4. The molecule has 1 amide bonds. The van der Waals surface area contributed by atoms with E-state index in [1.165, 1.54) is 17.3 Å². The Labute approximate surface area is 166 Å². The van der Waals surface area contributed by atoms with Crippen molar-refractivity contribution in [2.45, 2.75) is 6.04 Å². The third-order valence-corrected chi connectivity index (χ3v) is 4.77. The van der Waals surface area contributed by atoms with Gasteiger partial charge < -0.3 is 9.84 Å². The van der Waals surface area contributed by atoms with E-state index in [-0.39, 0.29) is 11.3 Å². The zero-order valence-corrected chi connectivity index (χ0v) is 15.5. The molecule has 1 N–H and O–H groups in total. The minimum Gasteiger partial charge on any atom is -0.507 e. The van der Waals surface area contributed by atoms with Crippen molar-refractivity contribution in [2.24, 2.45) is 0 Å². The summed E-state index contributed by atoms with van der Waals surface area (Å²) >= 11 is 0. The average molecular weight is 387 g/mol. The smallest absolute Gasteiger partial charge is 0.300 e. The van der Waals surface area contributed by atoms with Gasteiger partial charge in [-0.25, -0.2) is 0 Å². The van der Waals surface area contributed by atoms with Crippen LogP contribution in [-0.2, 0) is 9.59 Å². The number of benzene rings is 1. The summed E-state index contributed by atoms with van der Waals surface area (Å²) in [6.07, 6.45) is 6.18. The lowest BCUT2D eigenvalue weighted by Crippen LogP contribution is -2.29. The molecule has 1 aliphatic rings. The lowest BCUT2D eigenvalue weighted by atomic mass is 9.96. The van der Waals surface area contributed by atoms with E-state index in [4.69, 9.17) is 4.74 Å². The van der Waals surface area contributed by atoms with Crippen LogP contribution >= 0.6 is 0 Å². The normalized spacial score (nSPS) is 18.1. The van der Waals surface area contributed by atoms with Crippen LogP contribution in [0.2, 0.25) is 0 Å². The Bertz CT molecular complexity index is 1080. The lowest BCUT2D eigenvalue weighted by molar-refractivity contribution is -0.132. The molecule has 7 heteroatoms. The molecular formula is C22H17N3O4. The van der Waals surface area contributed by atoms with E-state index in [2.05, 4.69) is 9.97 Å². The Morgan fingerprint density at radius 1 is 0.931 bits per heavy atom. The molecule has 144 valence electrons. The van der Waals surface area contributed by atoms with Crippen molar-refractivity contribution in [1.82, 2.24) is 9.97 Å². The summed E-state index contributed by atoms with van der Waals surface area (Å²) in [4.78, 5) is 35.2. The van der Waals surface area contributed by atoms with Crippen LogP contribution in [-0.4, -0.2) is 33.9 Å². The number of ketones is 1. The van der Waals surface area contributed by atoms with E-state index < -0.39 is 17.7 Å². The van der Waals surface area contributed by atoms with Crippen molar-refractivity contribution in [3.8, 4) is 5.75 Å². The fourth-order valence-corrected chi connectivity index (χ4v) is 3.37. The molecule has 1 atom stereocenters. The van der Waals surface area contributed by atoms with Gasteiger partial charge >= 0.3 is 0 Å². The maximum atomic E-state index is 13.0. The molecule has 7 nitrogen and oxygen atoms in total. The van der Waals surface area contributed by atoms with Gasteiger partial charge in [-0.3, -0.25) is 24.5 Å². The van der Waals surface area contributed by atoms with Gasteiger partial charge in [0.05, 0.1) is 18.7 Å². The van der Waals surface area contributed by atoms with E-state index in [0.717, 1.165) is 0 Å². The number of ether oxygens (including phenoxy) is 1. The van der Waals surface area contributed by atoms with Crippen molar-refractivity contribution >= 4 is 23.1 Å². The first-order valence-electron chi connectivity index (χ1n) is 8.87. The summed E-state index contributed by atoms with van der Waals surface area (Å²) in [5.41, 5.74) is 1.60. The quantitative estimate of drug-likeness (QED) is 0.420. The average Bonchev–Trinajstić information content (AvgIpc) is 3.05. The standard InChI is InChI=1S/C22H17N3O4/c1-29-17-4-2-16(3-5-17)25-19(14-6-10-23-11-7-14)18(21(27)22(25)28)20(26)15-8-12-24-13-9-15/h2-13,19,26H,1H3/b20-18-. The number of carbonyl (C=O) groups excluding carboxylic acids is 2. The van der Waals surface area contributed by atoms with Gasteiger partial charge in [-0.05, 0) is 54.1 Å². The largest absolute Gasteiger partial charge is 0.507 e. The molecule has 3 aromatic rings. The van der Waals surface area contributed by atoms with Crippen LogP contribution in [0.3, 0.4) is 0 Å².